The molecule has 0 aromatic heterocycles. The SMILES string of the molecule is C=C1CCC[C@@](C)(OC(C)=O)CC[C@@H]2C(C(=O)/C=C/C(C)(C)O)=CO[C@@H](OC(C)=O)[C@@H]12.CC(=O)O/C=C1\CCC/C(C=O)=C\C[C@@H]2C(C(=O)/C=C/C(C)(C)O)=CO[C@H](OC(C)=O)[C@@H]12.CC(=O)O/C=C1\CCC/C(C=O)=C\C[C@@H]2C(C(=O)/C=C/C(C)(C)O)=CO[C@H](OC(C)=O)[C@@H]12.CC(C)/C=C(/C(=O)/C=C/C(C)(C)O)C(C)C. The Hall–Kier alpha value is -9.30. The van der Waals surface area contributed by atoms with Crippen molar-refractivity contribution in [3.8, 4) is 0 Å². The molecule has 4 N–H and O–H groups in total. The standard InChI is InChI=1S/2C24H30O8.C24H34O7.C14H24O2/c2*1-15(26)30-13-18-7-5-6-17(12-25)8-9-19-20(21(28)10-11-24(3,4)29)14-31-23(22(18)19)32-16(2)27;1-15-8-7-11-24(6,31-17(3)26)13-9-18-19(20(27)10-12-23(4,5)28)14-29-22(21(15)18)30-16(2)25;1-10(2)9-12(11(3)4)13(15)7-8-14(5,6)16/h2*8,10-14,19,22-23,29H,5-7,9H2,1-4H3;10,12,14,18,21-22,28H,1,7-9,11,13H2,2-6H3;7-11,16H,1-6H3/b2*11-10+,17-8+,18-13+;12-10+;8-7+,12-9+/t2*19-,22+,23-;18-,21+,22+,24-;/m111./s1. The fraction of sp³-hybridized carbons (Fsp3) is 0.558. The third kappa shape index (κ3) is 34.9. The summed E-state index contributed by atoms with van der Waals surface area (Å²) in [6.45, 7) is 34.6. The summed E-state index contributed by atoms with van der Waals surface area (Å²) in [7, 11) is 0. The highest BCUT2D eigenvalue weighted by atomic mass is 16.7. The van der Waals surface area contributed by atoms with E-state index < -0.39 is 106 Å². The molecule has 1 saturated carbocycles. The molecule has 3 aliphatic heterocycles. The molecule has 10 atom stereocenters. The summed E-state index contributed by atoms with van der Waals surface area (Å²) in [5, 5.41) is 39.3. The molecule has 0 aromatic carbocycles. The average molecular weight is 1550 g/mol. The summed E-state index contributed by atoms with van der Waals surface area (Å²) in [5.41, 5.74) is 0.0497. The average Bonchev–Trinajstić information content (AvgIpc) is 1.59. The molecule has 612 valence electrons. The minimum atomic E-state index is -1.19. The van der Waals surface area contributed by atoms with E-state index >= 15 is 0 Å². The van der Waals surface area contributed by atoms with Crippen molar-refractivity contribution in [3.05, 3.63) is 155 Å². The van der Waals surface area contributed by atoms with Crippen LogP contribution in [0.25, 0.3) is 0 Å². The monoisotopic (exact) mass is 1550 g/mol. The quantitative estimate of drug-likeness (QED) is 0.0195. The van der Waals surface area contributed by atoms with Gasteiger partial charge in [-0.25, -0.2) is 0 Å². The van der Waals surface area contributed by atoms with Gasteiger partial charge < -0.3 is 63.1 Å². The predicted octanol–water partition coefficient (Wildman–Crippen LogP) is 13.0. The van der Waals surface area contributed by atoms with Gasteiger partial charge >= 0.3 is 35.8 Å². The van der Waals surface area contributed by atoms with Crippen LogP contribution in [0.1, 0.15) is 215 Å². The van der Waals surface area contributed by atoms with Gasteiger partial charge in [0.25, 0.3) is 12.6 Å². The van der Waals surface area contributed by atoms with E-state index in [4.69, 9.17) is 42.6 Å². The number of carbonyl (C=O) groups is 12. The van der Waals surface area contributed by atoms with Gasteiger partial charge in [-0.2, -0.15) is 0 Å². The first-order chi connectivity index (χ1) is 51.5. The molecule has 25 heteroatoms. The maximum absolute atomic E-state index is 13.0. The maximum atomic E-state index is 13.0. The molecule has 111 heavy (non-hydrogen) atoms. The number of rotatable bonds is 22. The zero-order valence-electron chi connectivity index (χ0n) is 68.0. The van der Waals surface area contributed by atoms with Gasteiger partial charge in [0.05, 0.1) is 71.5 Å². The van der Waals surface area contributed by atoms with Crippen LogP contribution >= 0.6 is 0 Å². The van der Waals surface area contributed by atoms with Crippen molar-refractivity contribution < 1.29 is 121 Å². The molecule has 25 nitrogen and oxygen atoms in total. The highest BCUT2D eigenvalue weighted by Crippen LogP contribution is 2.47. The van der Waals surface area contributed by atoms with Gasteiger partial charge in [0.15, 0.2) is 23.1 Å². The second-order valence-electron chi connectivity index (χ2n) is 31.6. The third-order valence-electron chi connectivity index (χ3n) is 18.1. The normalized spacial score (nSPS) is 25.8. The van der Waals surface area contributed by atoms with Crippen LogP contribution in [0.15, 0.2) is 155 Å². The summed E-state index contributed by atoms with van der Waals surface area (Å²) < 4.78 is 49.0. The van der Waals surface area contributed by atoms with E-state index in [2.05, 4.69) is 20.4 Å². The van der Waals surface area contributed by atoms with Crippen molar-refractivity contribution in [2.45, 2.75) is 262 Å². The number of ketones is 4. The molecule has 6 rings (SSSR count). The van der Waals surface area contributed by atoms with E-state index in [0.29, 0.717) is 122 Å². The molecule has 0 bridgehead atoms. The van der Waals surface area contributed by atoms with E-state index in [-0.39, 0.29) is 40.9 Å². The van der Waals surface area contributed by atoms with E-state index in [9.17, 15) is 78.0 Å². The van der Waals surface area contributed by atoms with Gasteiger partial charge in [0.1, 0.15) is 18.2 Å². The Kier molecular flexibility index (Phi) is 38.1. The molecular weight excluding hydrogens is 1430 g/mol. The molecule has 3 aliphatic carbocycles. The molecule has 0 aromatic rings. The van der Waals surface area contributed by atoms with Gasteiger partial charge in [-0.15, -0.1) is 0 Å². The first-order valence-electron chi connectivity index (χ1n) is 37.5. The third-order valence-corrected chi connectivity index (χ3v) is 18.1. The van der Waals surface area contributed by atoms with Crippen LogP contribution in [0.3, 0.4) is 0 Å². The number of aldehydes is 2. The minimum absolute atomic E-state index is 0.00850. The maximum Gasteiger partial charge on any atom is 0.307 e. The largest absolute Gasteiger partial charge is 0.461 e. The Labute approximate surface area is 653 Å². The van der Waals surface area contributed by atoms with E-state index in [1.807, 2.05) is 26.8 Å². The van der Waals surface area contributed by atoms with Gasteiger partial charge in [-0.3, -0.25) is 57.5 Å². The predicted molar refractivity (Wildman–Crippen MR) is 412 cm³/mol. The molecule has 0 saturated heterocycles. The lowest BCUT2D eigenvalue weighted by Crippen LogP contribution is -2.40. The Morgan fingerprint density at radius 2 is 0.847 bits per heavy atom. The fourth-order valence-electron chi connectivity index (χ4n) is 13.0. The van der Waals surface area contributed by atoms with E-state index in [1.54, 1.807) is 67.5 Å². The van der Waals surface area contributed by atoms with Gasteiger partial charge in [-0.05, 0) is 234 Å². The summed E-state index contributed by atoms with van der Waals surface area (Å²) in [4.78, 5) is 143. The van der Waals surface area contributed by atoms with Crippen LogP contribution < -0.4 is 0 Å². The van der Waals surface area contributed by atoms with Crippen molar-refractivity contribution in [2.24, 2.45) is 47.3 Å². The van der Waals surface area contributed by atoms with Gasteiger partial charge in [-0.1, -0.05) is 58.1 Å². The number of carbonyl (C=O) groups excluding carboxylic acids is 12. The zero-order chi connectivity index (χ0) is 84.1. The lowest BCUT2D eigenvalue weighted by Gasteiger charge is -2.38. The van der Waals surface area contributed by atoms with Crippen molar-refractivity contribution in [2.75, 3.05) is 0 Å². The zero-order valence-corrected chi connectivity index (χ0v) is 68.0. The number of allylic oxidation sites excluding steroid dienone is 13. The second-order valence-corrected chi connectivity index (χ2v) is 31.6. The fourth-order valence-corrected chi connectivity index (χ4v) is 13.0. The Morgan fingerprint density at radius 1 is 0.486 bits per heavy atom. The molecule has 3 heterocycles. The summed E-state index contributed by atoms with van der Waals surface area (Å²) >= 11 is 0. The van der Waals surface area contributed by atoms with Crippen LogP contribution in [0.2, 0.25) is 0 Å². The van der Waals surface area contributed by atoms with E-state index in [1.165, 1.54) is 121 Å². The number of aliphatic hydroxyl groups is 4. The minimum Gasteiger partial charge on any atom is -0.461 e. The smallest absolute Gasteiger partial charge is 0.307 e. The molecule has 6 aliphatic rings. The first kappa shape index (κ1) is 95.9. The molecule has 1 fully saturated rings. The van der Waals surface area contributed by atoms with Crippen LogP contribution in [0.5, 0.6) is 0 Å². The van der Waals surface area contributed by atoms with Crippen molar-refractivity contribution >= 4 is 71.5 Å². The van der Waals surface area contributed by atoms with Crippen molar-refractivity contribution in [1.82, 2.24) is 0 Å². The highest BCUT2D eigenvalue weighted by molar-refractivity contribution is 6.06. The Morgan fingerprint density at radius 3 is 1.17 bits per heavy atom. The second kappa shape index (κ2) is 44.1. The number of esters is 6. The Bertz CT molecular complexity index is 3600. The van der Waals surface area contributed by atoms with Crippen molar-refractivity contribution in [1.29, 1.82) is 0 Å². The van der Waals surface area contributed by atoms with E-state index in [0.717, 1.165) is 30.1 Å². The lowest BCUT2D eigenvalue weighted by atomic mass is 9.74. The molecule has 0 spiro atoms. The van der Waals surface area contributed by atoms with Gasteiger partial charge in [0, 0.05) is 76.0 Å². The highest BCUT2D eigenvalue weighted by Gasteiger charge is 2.47. The van der Waals surface area contributed by atoms with Gasteiger partial charge in [0.2, 0.25) is 6.29 Å². The number of hydrogen-bond acceptors (Lipinski definition) is 25. The molecule has 0 amide bonds. The lowest BCUT2D eigenvalue weighted by molar-refractivity contribution is -0.181. The summed E-state index contributed by atoms with van der Waals surface area (Å²) in [6.07, 6.45) is 28.6. The molecular formula is C86H118O25. The topological polar surface area (TPSA) is 369 Å². The Balaban J connectivity index is 0.000000394. The summed E-state index contributed by atoms with van der Waals surface area (Å²) in [5.74, 6) is -6.45. The molecule has 0 unspecified atom stereocenters. The number of fused-ring (bicyclic) bond motifs is 3. The van der Waals surface area contributed by atoms with Crippen LogP contribution in [0, 0.1) is 47.3 Å². The van der Waals surface area contributed by atoms with Crippen LogP contribution in [-0.2, 0) is 100 Å². The number of ether oxygens (including phenoxy) is 9. The molecule has 0 radical (unpaired) electrons. The number of hydrogen-bond donors (Lipinski definition) is 4. The first-order valence-corrected chi connectivity index (χ1v) is 37.5. The van der Waals surface area contributed by atoms with Crippen LogP contribution in [-0.4, -0.2) is 139 Å². The van der Waals surface area contributed by atoms with Crippen LogP contribution in [0.4, 0.5) is 0 Å². The summed E-state index contributed by atoms with van der Waals surface area (Å²) in [6, 6.07) is 0. The van der Waals surface area contributed by atoms with Crippen molar-refractivity contribution in [3.63, 3.8) is 0 Å².